The average molecular weight is 287 g/mol. The number of fused-ring (bicyclic) bond motifs is 1. The van der Waals surface area contributed by atoms with E-state index in [-0.39, 0.29) is 18.3 Å². The van der Waals surface area contributed by atoms with Crippen LogP contribution in [0, 0.1) is 11.8 Å². The molecule has 0 radical (unpaired) electrons. The Hall–Kier alpha value is -0.580. The molecule has 5 heteroatoms. The smallest absolute Gasteiger partial charge is 0.263 e. The van der Waals surface area contributed by atoms with Crippen molar-refractivity contribution in [1.29, 1.82) is 0 Å². The van der Waals surface area contributed by atoms with Gasteiger partial charge in [-0.2, -0.15) is 0 Å². The number of hydrogen-bond donors (Lipinski definition) is 1. The summed E-state index contributed by atoms with van der Waals surface area (Å²) in [5.74, 6) is 1.37. The Balaban J connectivity index is 0.00000120. The van der Waals surface area contributed by atoms with E-state index in [1.165, 1.54) is 24.2 Å². The third kappa shape index (κ3) is 2.42. The number of halogens is 1. The first-order chi connectivity index (χ1) is 8.25. The van der Waals surface area contributed by atoms with Gasteiger partial charge in [-0.15, -0.1) is 23.7 Å². The van der Waals surface area contributed by atoms with Crippen LogP contribution in [0.1, 0.15) is 28.9 Å². The number of amides is 1. The standard InChI is InChI=1S/C13H18N2OS.ClH/c14-11-4-1-3-9-7-15(8-10(9)11)13(16)12-5-2-6-17-12;/h2,5-6,9-11H,1,3-4,7-8,14H2;1H. The summed E-state index contributed by atoms with van der Waals surface area (Å²) < 4.78 is 0. The molecule has 1 saturated heterocycles. The zero-order valence-corrected chi connectivity index (χ0v) is 11.9. The van der Waals surface area contributed by atoms with Gasteiger partial charge in [-0.3, -0.25) is 4.79 Å². The summed E-state index contributed by atoms with van der Waals surface area (Å²) in [5, 5.41) is 1.96. The lowest BCUT2D eigenvalue weighted by Gasteiger charge is -2.29. The SMILES string of the molecule is Cl.NC1CCCC2CN(C(=O)c3cccs3)CC12. The highest BCUT2D eigenvalue weighted by Crippen LogP contribution is 2.36. The number of hydrogen-bond acceptors (Lipinski definition) is 3. The Morgan fingerprint density at radius 1 is 1.39 bits per heavy atom. The molecule has 1 aromatic heterocycles. The van der Waals surface area contributed by atoms with Crippen molar-refractivity contribution in [3.8, 4) is 0 Å². The summed E-state index contributed by atoms with van der Waals surface area (Å²) in [6.07, 6.45) is 3.60. The van der Waals surface area contributed by atoms with Crippen molar-refractivity contribution in [3.05, 3.63) is 22.4 Å². The molecule has 2 fully saturated rings. The fraction of sp³-hybridized carbons (Fsp3) is 0.615. The molecule has 18 heavy (non-hydrogen) atoms. The van der Waals surface area contributed by atoms with Gasteiger partial charge in [-0.1, -0.05) is 12.5 Å². The van der Waals surface area contributed by atoms with Gasteiger partial charge in [0.25, 0.3) is 5.91 Å². The number of nitrogens with two attached hydrogens (primary N) is 1. The van der Waals surface area contributed by atoms with Crippen LogP contribution >= 0.6 is 23.7 Å². The third-order valence-electron chi connectivity index (χ3n) is 4.17. The summed E-state index contributed by atoms with van der Waals surface area (Å²) in [4.78, 5) is 15.1. The second kappa shape index (κ2) is 5.59. The van der Waals surface area contributed by atoms with Gasteiger partial charge in [-0.05, 0) is 36.1 Å². The van der Waals surface area contributed by atoms with Gasteiger partial charge in [0, 0.05) is 19.1 Å². The van der Waals surface area contributed by atoms with Crippen LogP contribution in [0.4, 0.5) is 0 Å². The van der Waals surface area contributed by atoms with Crippen LogP contribution in [-0.2, 0) is 0 Å². The number of likely N-dealkylation sites (tertiary alicyclic amines) is 1. The molecule has 3 nitrogen and oxygen atoms in total. The number of rotatable bonds is 1. The van der Waals surface area contributed by atoms with Crippen molar-refractivity contribution in [1.82, 2.24) is 4.90 Å². The molecular formula is C13H19ClN2OS. The second-order valence-corrected chi connectivity index (χ2v) is 6.15. The molecule has 3 unspecified atom stereocenters. The van der Waals surface area contributed by atoms with Gasteiger partial charge in [0.1, 0.15) is 0 Å². The topological polar surface area (TPSA) is 46.3 Å². The summed E-state index contributed by atoms with van der Waals surface area (Å²) in [6, 6.07) is 4.15. The zero-order chi connectivity index (χ0) is 11.8. The molecule has 1 aliphatic carbocycles. The van der Waals surface area contributed by atoms with Crippen molar-refractivity contribution < 1.29 is 4.79 Å². The monoisotopic (exact) mass is 286 g/mol. The maximum atomic E-state index is 12.3. The van der Waals surface area contributed by atoms with Crippen LogP contribution in [0.5, 0.6) is 0 Å². The van der Waals surface area contributed by atoms with E-state index in [0.29, 0.717) is 17.9 Å². The Labute approximate surface area is 118 Å². The van der Waals surface area contributed by atoms with Crippen molar-refractivity contribution >= 4 is 29.7 Å². The molecule has 0 aromatic carbocycles. The normalized spacial score (nSPS) is 30.7. The van der Waals surface area contributed by atoms with Crippen LogP contribution in [0.15, 0.2) is 17.5 Å². The predicted molar refractivity (Wildman–Crippen MR) is 76.3 cm³/mol. The first-order valence-corrected chi connectivity index (χ1v) is 7.22. The maximum Gasteiger partial charge on any atom is 0.263 e. The van der Waals surface area contributed by atoms with E-state index >= 15 is 0 Å². The average Bonchev–Trinajstić information content (AvgIpc) is 2.98. The van der Waals surface area contributed by atoms with Crippen LogP contribution in [0.2, 0.25) is 0 Å². The molecule has 0 spiro atoms. The third-order valence-corrected chi connectivity index (χ3v) is 5.03. The molecule has 2 N–H and O–H groups in total. The van der Waals surface area contributed by atoms with Crippen molar-refractivity contribution in [2.75, 3.05) is 13.1 Å². The number of carbonyl (C=O) groups is 1. The summed E-state index contributed by atoms with van der Waals surface area (Å²) in [5.41, 5.74) is 6.17. The number of nitrogens with zero attached hydrogens (tertiary/aromatic N) is 1. The molecule has 1 aliphatic heterocycles. The largest absolute Gasteiger partial charge is 0.337 e. The quantitative estimate of drug-likeness (QED) is 0.861. The molecule has 3 rings (SSSR count). The lowest BCUT2D eigenvalue weighted by atomic mass is 9.78. The number of carbonyl (C=O) groups excluding carboxylic acids is 1. The highest BCUT2D eigenvalue weighted by molar-refractivity contribution is 7.12. The van der Waals surface area contributed by atoms with Crippen molar-refractivity contribution in [3.63, 3.8) is 0 Å². The molecule has 1 amide bonds. The second-order valence-electron chi connectivity index (χ2n) is 5.21. The van der Waals surface area contributed by atoms with Crippen LogP contribution in [-0.4, -0.2) is 29.9 Å². The predicted octanol–water partition coefficient (Wildman–Crippen LogP) is 2.37. The molecule has 0 bridgehead atoms. The first kappa shape index (κ1) is 13.8. The molecule has 100 valence electrons. The van der Waals surface area contributed by atoms with E-state index in [9.17, 15) is 4.79 Å². The first-order valence-electron chi connectivity index (χ1n) is 6.34. The van der Waals surface area contributed by atoms with E-state index in [0.717, 1.165) is 24.4 Å². The Bertz CT molecular complexity index is 409. The molecular weight excluding hydrogens is 268 g/mol. The minimum absolute atomic E-state index is 0. The fourth-order valence-electron chi connectivity index (χ4n) is 3.24. The minimum Gasteiger partial charge on any atom is -0.337 e. The van der Waals surface area contributed by atoms with Gasteiger partial charge in [0.05, 0.1) is 4.88 Å². The van der Waals surface area contributed by atoms with E-state index < -0.39 is 0 Å². The van der Waals surface area contributed by atoms with Gasteiger partial charge >= 0.3 is 0 Å². The van der Waals surface area contributed by atoms with E-state index in [4.69, 9.17) is 5.73 Å². The molecule has 1 saturated carbocycles. The summed E-state index contributed by atoms with van der Waals surface area (Å²) >= 11 is 1.53. The highest BCUT2D eigenvalue weighted by Gasteiger charge is 2.40. The van der Waals surface area contributed by atoms with Crippen LogP contribution in [0.25, 0.3) is 0 Å². The van der Waals surface area contributed by atoms with Gasteiger partial charge in [0.2, 0.25) is 0 Å². The zero-order valence-electron chi connectivity index (χ0n) is 10.2. The van der Waals surface area contributed by atoms with Gasteiger partial charge in [-0.25, -0.2) is 0 Å². The lowest BCUT2D eigenvalue weighted by Crippen LogP contribution is -2.38. The summed E-state index contributed by atoms with van der Waals surface area (Å²) in [7, 11) is 0. The molecule has 3 atom stereocenters. The molecule has 2 aliphatic rings. The minimum atomic E-state index is 0. The van der Waals surface area contributed by atoms with Crippen LogP contribution < -0.4 is 5.73 Å². The lowest BCUT2D eigenvalue weighted by molar-refractivity contribution is 0.0788. The Morgan fingerprint density at radius 3 is 2.89 bits per heavy atom. The van der Waals surface area contributed by atoms with Gasteiger partial charge in [0.15, 0.2) is 0 Å². The fourth-order valence-corrected chi connectivity index (χ4v) is 3.93. The maximum absolute atomic E-state index is 12.3. The Kier molecular flexibility index (Phi) is 4.30. The highest BCUT2D eigenvalue weighted by atomic mass is 35.5. The molecule has 1 aromatic rings. The Morgan fingerprint density at radius 2 is 2.22 bits per heavy atom. The van der Waals surface area contributed by atoms with Crippen molar-refractivity contribution in [2.24, 2.45) is 17.6 Å². The van der Waals surface area contributed by atoms with E-state index in [2.05, 4.69) is 0 Å². The van der Waals surface area contributed by atoms with Gasteiger partial charge < -0.3 is 10.6 Å². The molecule has 2 heterocycles. The van der Waals surface area contributed by atoms with Crippen molar-refractivity contribution in [2.45, 2.75) is 25.3 Å². The summed E-state index contributed by atoms with van der Waals surface area (Å²) in [6.45, 7) is 1.78. The van der Waals surface area contributed by atoms with Crippen LogP contribution in [0.3, 0.4) is 0 Å². The van der Waals surface area contributed by atoms with E-state index in [1.54, 1.807) is 0 Å². The van der Waals surface area contributed by atoms with E-state index in [1.807, 2.05) is 22.4 Å². The number of thiophene rings is 1.